The van der Waals surface area contributed by atoms with E-state index >= 15 is 0 Å². The van der Waals surface area contributed by atoms with Crippen molar-refractivity contribution in [3.8, 4) is 5.75 Å². The number of hydrogen-bond donors (Lipinski definition) is 1. The largest absolute Gasteiger partial charge is 0.494 e. The lowest BCUT2D eigenvalue weighted by Crippen LogP contribution is -2.47. The Hall–Kier alpha value is -1.17. The molecule has 1 aliphatic heterocycles. The molecule has 2 N–H and O–H groups in total. The zero-order valence-electron chi connectivity index (χ0n) is 13.2. The molecule has 5 heteroatoms. The lowest BCUT2D eigenvalue weighted by atomic mass is 10.0. The predicted molar refractivity (Wildman–Crippen MR) is 83.0 cm³/mol. The summed E-state index contributed by atoms with van der Waals surface area (Å²) in [6, 6.07) is 5.38. The van der Waals surface area contributed by atoms with Gasteiger partial charge in [-0.2, -0.15) is 0 Å². The van der Waals surface area contributed by atoms with Gasteiger partial charge in [0.15, 0.2) is 11.6 Å². The number of benzene rings is 1. The molecule has 2 atom stereocenters. The minimum absolute atomic E-state index is 0.175. The number of halogens is 1. The third-order valence-corrected chi connectivity index (χ3v) is 4.27. The number of nitrogens with zero attached hydrogens (tertiary/aromatic N) is 2. The summed E-state index contributed by atoms with van der Waals surface area (Å²) in [5.41, 5.74) is 7.06. The third-order valence-electron chi connectivity index (χ3n) is 4.27. The first-order valence-electron chi connectivity index (χ1n) is 7.49. The Morgan fingerprint density at radius 2 is 2.24 bits per heavy atom. The van der Waals surface area contributed by atoms with Crippen molar-refractivity contribution in [2.75, 3.05) is 40.8 Å². The highest BCUT2D eigenvalue weighted by molar-refractivity contribution is 5.31. The van der Waals surface area contributed by atoms with Crippen molar-refractivity contribution in [3.05, 3.63) is 29.6 Å². The van der Waals surface area contributed by atoms with E-state index in [1.54, 1.807) is 6.07 Å². The molecule has 1 aromatic rings. The van der Waals surface area contributed by atoms with Crippen molar-refractivity contribution in [2.24, 2.45) is 5.73 Å². The second-order valence-electron chi connectivity index (χ2n) is 6.02. The molecule has 0 spiro atoms. The lowest BCUT2D eigenvalue weighted by molar-refractivity contribution is 0.128. The summed E-state index contributed by atoms with van der Waals surface area (Å²) in [5, 5.41) is 0. The van der Waals surface area contributed by atoms with Crippen molar-refractivity contribution in [3.63, 3.8) is 0 Å². The summed E-state index contributed by atoms with van der Waals surface area (Å²) in [7, 11) is 5.70. The molecule has 2 unspecified atom stereocenters. The average molecular weight is 295 g/mol. The van der Waals surface area contributed by atoms with Gasteiger partial charge in [0.2, 0.25) is 0 Å². The minimum atomic E-state index is -0.352. The van der Waals surface area contributed by atoms with Crippen molar-refractivity contribution < 1.29 is 9.13 Å². The Morgan fingerprint density at radius 1 is 1.48 bits per heavy atom. The molecule has 0 aliphatic carbocycles. The van der Waals surface area contributed by atoms with Gasteiger partial charge in [-0.3, -0.25) is 4.90 Å². The quantitative estimate of drug-likeness (QED) is 0.900. The van der Waals surface area contributed by atoms with E-state index in [1.165, 1.54) is 26.0 Å². The SMILES string of the molecule is COc1ccc(C(N)CN2CCCC(N(C)C)C2)cc1F. The van der Waals surface area contributed by atoms with Crippen LogP contribution in [0, 0.1) is 5.82 Å². The van der Waals surface area contributed by atoms with Crippen LogP contribution in [0.1, 0.15) is 24.4 Å². The first-order valence-corrected chi connectivity index (χ1v) is 7.49. The van der Waals surface area contributed by atoms with Gasteiger partial charge in [0.1, 0.15) is 0 Å². The van der Waals surface area contributed by atoms with Gasteiger partial charge in [-0.05, 0) is 51.2 Å². The highest BCUT2D eigenvalue weighted by Crippen LogP contribution is 2.22. The second kappa shape index (κ2) is 7.20. The Kier molecular flexibility index (Phi) is 5.56. The van der Waals surface area contributed by atoms with Gasteiger partial charge >= 0.3 is 0 Å². The molecule has 0 bridgehead atoms. The second-order valence-corrected chi connectivity index (χ2v) is 6.02. The molecule has 0 saturated carbocycles. The van der Waals surface area contributed by atoms with Crippen LogP contribution in [-0.2, 0) is 0 Å². The monoisotopic (exact) mass is 295 g/mol. The Labute approximate surface area is 126 Å². The van der Waals surface area contributed by atoms with Crippen LogP contribution in [0.25, 0.3) is 0 Å². The van der Waals surface area contributed by atoms with E-state index in [-0.39, 0.29) is 17.6 Å². The van der Waals surface area contributed by atoms with E-state index in [0.29, 0.717) is 6.04 Å². The Balaban J connectivity index is 1.97. The molecule has 1 aromatic carbocycles. The van der Waals surface area contributed by atoms with Crippen LogP contribution >= 0.6 is 0 Å². The van der Waals surface area contributed by atoms with E-state index < -0.39 is 0 Å². The lowest BCUT2D eigenvalue weighted by Gasteiger charge is -2.37. The average Bonchev–Trinajstić information content (AvgIpc) is 2.47. The van der Waals surface area contributed by atoms with Gasteiger partial charge in [-0.15, -0.1) is 0 Å². The first-order chi connectivity index (χ1) is 10.0. The topological polar surface area (TPSA) is 41.7 Å². The van der Waals surface area contributed by atoms with Crippen LogP contribution < -0.4 is 10.5 Å². The fourth-order valence-electron chi connectivity index (χ4n) is 2.92. The summed E-state index contributed by atoms with van der Waals surface area (Å²) in [4.78, 5) is 4.64. The van der Waals surface area contributed by atoms with Gasteiger partial charge in [-0.1, -0.05) is 6.07 Å². The fourth-order valence-corrected chi connectivity index (χ4v) is 2.92. The smallest absolute Gasteiger partial charge is 0.165 e. The number of ether oxygens (including phenoxy) is 1. The van der Waals surface area contributed by atoms with Crippen LogP contribution in [0.4, 0.5) is 4.39 Å². The first kappa shape index (κ1) is 16.2. The van der Waals surface area contributed by atoms with E-state index in [1.807, 2.05) is 6.07 Å². The van der Waals surface area contributed by atoms with E-state index in [9.17, 15) is 4.39 Å². The molecular formula is C16H26FN3O. The molecular weight excluding hydrogens is 269 g/mol. The molecule has 0 aromatic heterocycles. The number of likely N-dealkylation sites (tertiary alicyclic amines) is 1. The number of piperidine rings is 1. The maximum absolute atomic E-state index is 13.8. The molecule has 0 amide bonds. The molecule has 1 heterocycles. The zero-order valence-corrected chi connectivity index (χ0v) is 13.2. The minimum Gasteiger partial charge on any atom is -0.494 e. The van der Waals surface area contributed by atoms with Crippen molar-refractivity contribution in [2.45, 2.75) is 24.9 Å². The number of rotatable bonds is 5. The standard InChI is InChI=1S/C16H26FN3O/c1-19(2)13-5-4-8-20(10-13)11-15(18)12-6-7-16(21-3)14(17)9-12/h6-7,9,13,15H,4-5,8,10-11,18H2,1-3H3. The number of nitrogens with two attached hydrogens (primary N) is 1. The number of methoxy groups -OCH3 is 1. The summed E-state index contributed by atoms with van der Waals surface area (Å²) in [6.07, 6.45) is 2.42. The van der Waals surface area contributed by atoms with Gasteiger partial charge in [0.25, 0.3) is 0 Å². The summed E-state index contributed by atoms with van der Waals surface area (Å²) in [5.74, 6) is -0.0909. The summed E-state index contributed by atoms with van der Waals surface area (Å²) >= 11 is 0. The highest BCUT2D eigenvalue weighted by atomic mass is 19.1. The van der Waals surface area contributed by atoms with Crippen LogP contribution in [-0.4, -0.2) is 56.7 Å². The van der Waals surface area contributed by atoms with Crippen molar-refractivity contribution in [1.29, 1.82) is 0 Å². The van der Waals surface area contributed by atoms with Crippen molar-refractivity contribution >= 4 is 0 Å². The Morgan fingerprint density at radius 3 is 2.86 bits per heavy atom. The van der Waals surface area contributed by atoms with Crippen LogP contribution in [0.5, 0.6) is 5.75 Å². The fraction of sp³-hybridized carbons (Fsp3) is 0.625. The van der Waals surface area contributed by atoms with Gasteiger partial charge in [0.05, 0.1) is 7.11 Å². The van der Waals surface area contributed by atoms with Gasteiger partial charge in [0, 0.05) is 25.2 Å². The molecule has 21 heavy (non-hydrogen) atoms. The van der Waals surface area contributed by atoms with Crippen LogP contribution in [0.15, 0.2) is 18.2 Å². The van der Waals surface area contributed by atoms with E-state index in [0.717, 1.165) is 25.2 Å². The van der Waals surface area contributed by atoms with Crippen LogP contribution in [0.2, 0.25) is 0 Å². The zero-order chi connectivity index (χ0) is 15.4. The van der Waals surface area contributed by atoms with E-state index in [2.05, 4.69) is 23.9 Å². The molecule has 1 saturated heterocycles. The molecule has 1 aliphatic rings. The molecule has 4 nitrogen and oxygen atoms in total. The summed E-state index contributed by atoms with van der Waals surface area (Å²) < 4.78 is 18.7. The molecule has 118 valence electrons. The van der Waals surface area contributed by atoms with Crippen LogP contribution in [0.3, 0.4) is 0 Å². The number of hydrogen-bond acceptors (Lipinski definition) is 4. The predicted octanol–water partition coefficient (Wildman–Crippen LogP) is 1.86. The molecule has 1 fully saturated rings. The van der Waals surface area contributed by atoms with Gasteiger partial charge in [-0.25, -0.2) is 4.39 Å². The van der Waals surface area contributed by atoms with Crippen molar-refractivity contribution in [1.82, 2.24) is 9.80 Å². The molecule has 2 rings (SSSR count). The third kappa shape index (κ3) is 4.15. The highest BCUT2D eigenvalue weighted by Gasteiger charge is 2.23. The number of likely N-dealkylation sites (N-methyl/N-ethyl adjacent to an activating group) is 1. The maximum Gasteiger partial charge on any atom is 0.165 e. The van der Waals surface area contributed by atoms with Gasteiger partial charge < -0.3 is 15.4 Å². The maximum atomic E-state index is 13.8. The normalized spacial score (nSPS) is 21.5. The summed E-state index contributed by atoms with van der Waals surface area (Å²) in [6.45, 7) is 2.85. The molecule has 0 radical (unpaired) electrons. The Bertz CT molecular complexity index is 467. The van der Waals surface area contributed by atoms with E-state index in [4.69, 9.17) is 10.5 Å².